The average Bonchev–Trinajstić information content (AvgIpc) is 2.88. The van der Waals surface area contributed by atoms with Crippen LogP contribution in [-0.4, -0.2) is 38.6 Å². The Kier molecular flexibility index (Phi) is 3.24. The normalized spacial score (nSPS) is 16.9. The van der Waals surface area contributed by atoms with Gasteiger partial charge in [0.15, 0.2) is 11.5 Å². The largest absolute Gasteiger partial charge is 0.586 e. The molecule has 0 amide bonds. The molecule has 1 aliphatic heterocycles. The quantitative estimate of drug-likeness (QED) is 0.780. The molecular formula is C11H8F2N4O4S. The van der Waals surface area contributed by atoms with Crippen LogP contribution in [-0.2, 0) is 15.6 Å². The van der Waals surface area contributed by atoms with Crippen molar-refractivity contribution in [1.82, 2.24) is 14.0 Å². The Balaban J connectivity index is 2.16. The maximum absolute atomic E-state index is 13.1. The van der Waals surface area contributed by atoms with Crippen LogP contribution in [0.25, 0.3) is 11.0 Å². The number of nitrogens with zero attached hydrogens (tertiary/aromatic N) is 4. The van der Waals surface area contributed by atoms with Crippen LogP contribution in [0.4, 0.5) is 8.78 Å². The molecule has 1 aromatic carbocycles. The fourth-order valence-corrected chi connectivity index (χ4v) is 2.73. The van der Waals surface area contributed by atoms with Gasteiger partial charge >= 0.3 is 6.29 Å². The second-order valence-corrected chi connectivity index (χ2v) is 5.35. The summed E-state index contributed by atoms with van der Waals surface area (Å²) in [5.41, 5.74) is 0.282. The highest BCUT2D eigenvalue weighted by atomic mass is 32.2. The van der Waals surface area contributed by atoms with E-state index in [0.29, 0.717) is 0 Å². The van der Waals surface area contributed by atoms with Crippen LogP contribution in [0.3, 0.4) is 0 Å². The van der Waals surface area contributed by atoms with Crippen LogP contribution < -0.4 is 9.47 Å². The molecule has 0 saturated heterocycles. The van der Waals surface area contributed by atoms with Gasteiger partial charge in [-0.3, -0.25) is 0 Å². The maximum Gasteiger partial charge on any atom is 0.586 e. The van der Waals surface area contributed by atoms with Crippen molar-refractivity contribution in [1.29, 1.82) is 5.26 Å². The van der Waals surface area contributed by atoms with E-state index in [1.54, 1.807) is 6.07 Å². The lowest BCUT2D eigenvalue weighted by atomic mass is 10.3. The van der Waals surface area contributed by atoms with Gasteiger partial charge in [0.05, 0.1) is 11.0 Å². The molecule has 116 valence electrons. The van der Waals surface area contributed by atoms with Crippen molar-refractivity contribution in [3.8, 4) is 17.6 Å². The third kappa shape index (κ3) is 2.37. The van der Waals surface area contributed by atoms with Gasteiger partial charge in [-0.05, 0) is 0 Å². The first-order valence-electron chi connectivity index (χ1n) is 5.81. The van der Waals surface area contributed by atoms with E-state index < -0.39 is 17.6 Å². The van der Waals surface area contributed by atoms with Crippen molar-refractivity contribution in [2.75, 3.05) is 14.1 Å². The second-order valence-electron chi connectivity index (χ2n) is 4.40. The average molecular weight is 330 g/mol. The van der Waals surface area contributed by atoms with E-state index in [-0.39, 0.29) is 28.4 Å². The lowest BCUT2D eigenvalue weighted by Crippen LogP contribution is -2.25. The van der Waals surface area contributed by atoms with Gasteiger partial charge in [-0.15, -0.1) is 8.78 Å². The highest BCUT2D eigenvalue weighted by molar-refractivity contribution is 7.78. The first kappa shape index (κ1) is 14.6. The molecule has 0 N–H and O–H groups in total. The Hall–Kier alpha value is -2.29. The summed E-state index contributed by atoms with van der Waals surface area (Å²) in [7, 11) is 3.00. The summed E-state index contributed by atoms with van der Waals surface area (Å²) < 4.78 is 52.8. The number of halogens is 2. The SMILES string of the molecule is CN(C)OS(=O)n1c(C#N)nc2cc3c(cc21)OC(F)(F)O3. The van der Waals surface area contributed by atoms with E-state index in [4.69, 9.17) is 9.55 Å². The molecule has 1 atom stereocenters. The van der Waals surface area contributed by atoms with Crippen LogP contribution in [0.5, 0.6) is 11.5 Å². The Morgan fingerprint density at radius 3 is 2.64 bits per heavy atom. The summed E-state index contributed by atoms with van der Waals surface area (Å²) in [4.78, 5) is 3.91. The molecule has 2 aromatic rings. The lowest BCUT2D eigenvalue weighted by molar-refractivity contribution is -0.286. The number of fused-ring (bicyclic) bond motifs is 2. The monoisotopic (exact) mass is 330 g/mol. The molecule has 11 heteroatoms. The van der Waals surface area contributed by atoms with E-state index in [9.17, 15) is 13.0 Å². The molecule has 3 rings (SSSR count). The van der Waals surface area contributed by atoms with Crippen molar-refractivity contribution in [2.24, 2.45) is 0 Å². The highest BCUT2D eigenvalue weighted by Gasteiger charge is 2.44. The summed E-state index contributed by atoms with van der Waals surface area (Å²) in [6.07, 6.45) is -3.77. The molecule has 1 aromatic heterocycles. The van der Waals surface area contributed by atoms with Crippen molar-refractivity contribution >= 4 is 22.3 Å². The number of imidazole rings is 1. The number of ether oxygens (including phenoxy) is 2. The molecule has 22 heavy (non-hydrogen) atoms. The zero-order valence-corrected chi connectivity index (χ0v) is 12.1. The number of hydrogen-bond acceptors (Lipinski definition) is 7. The molecule has 0 radical (unpaired) electrons. The van der Waals surface area contributed by atoms with Gasteiger partial charge < -0.3 is 9.47 Å². The molecule has 0 spiro atoms. The van der Waals surface area contributed by atoms with Gasteiger partial charge in [0, 0.05) is 26.2 Å². The molecule has 1 aliphatic rings. The van der Waals surface area contributed by atoms with Gasteiger partial charge in [0.25, 0.3) is 11.3 Å². The molecule has 0 saturated carbocycles. The van der Waals surface area contributed by atoms with E-state index in [0.717, 1.165) is 10.0 Å². The summed E-state index contributed by atoms with van der Waals surface area (Å²) in [5, 5.41) is 10.2. The van der Waals surface area contributed by atoms with Gasteiger partial charge in [0.1, 0.15) is 6.07 Å². The van der Waals surface area contributed by atoms with Crippen molar-refractivity contribution in [3.05, 3.63) is 18.0 Å². The third-order valence-corrected chi connectivity index (χ3v) is 3.69. The highest BCUT2D eigenvalue weighted by Crippen LogP contribution is 2.43. The van der Waals surface area contributed by atoms with Gasteiger partial charge in [-0.2, -0.15) is 14.6 Å². The van der Waals surface area contributed by atoms with Gasteiger partial charge in [0.2, 0.25) is 5.82 Å². The fourth-order valence-electron chi connectivity index (χ4n) is 1.88. The van der Waals surface area contributed by atoms with Crippen molar-refractivity contribution < 1.29 is 26.7 Å². The zero-order valence-electron chi connectivity index (χ0n) is 11.2. The molecule has 0 fully saturated rings. The predicted octanol–water partition coefficient (Wildman–Crippen LogP) is 1.15. The first-order valence-corrected chi connectivity index (χ1v) is 6.84. The Labute approximate surface area is 125 Å². The van der Waals surface area contributed by atoms with E-state index >= 15 is 0 Å². The van der Waals surface area contributed by atoms with Crippen molar-refractivity contribution in [3.63, 3.8) is 0 Å². The number of hydroxylamine groups is 2. The maximum atomic E-state index is 13.1. The third-order valence-electron chi connectivity index (χ3n) is 2.60. The fraction of sp³-hybridized carbons (Fsp3) is 0.273. The topological polar surface area (TPSA) is 89.6 Å². The van der Waals surface area contributed by atoms with Crippen LogP contribution >= 0.6 is 0 Å². The Morgan fingerprint density at radius 1 is 1.41 bits per heavy atom. The van der Waals surface area contributed by atoms with Gasteiger partial charge in [-0.25, -0.2) is 13.2 Å². The van der Waals surface area contributed by atoms with E-state index in [2.05, 4.69) is 14.5 Å². The van der Waals surface area contributed by atoms with E-state index in [1.165, 1.54) is 25.2 Å². The number of rotatable bonds is 3. The minimum atomic E-state index is -3.77. The number of benzene rings is 1. The van der Waals surface area contributed by atoms with Gasteiger partial charge in [-0.1, -0.05) is 0 Å². The Morgan fingerprint density at radius 2 is 2.05 bits per heavy atom. The molecule has 2 heterocycles. The first-order chi connectivity index (χ1) is 10.3. The molecule has 8 nitrogen and oxygen atoms in total. The summed E-state index contributed by atoms with van der Waals surface area (Å²) in [5.74, 6) is -0.665. The summed E-state index contributed by atoms with van der Waals surface area (Å²) in [6, 6.07) is 4.10. The summed E-state index contributed by atoms with van der Waals surface area (Å²) >= 11 is -2.11. The lowest BCUT2D eigenvalue weighted by Gasteiger charge is -2.10. The zero-order chi connectivity index (χ0) is 16.1. The smallest absolute Gasteiger partial charge is 0.395 e. The molecular weight excluding hydrogens is 322 g/mol. The number of nitriles is 1. The van der Waals surface area contributed by atoms with Crippen LogP contribution in [0, 0.1) is 11.3 Å². The molecule has 0 bridgehead atoms. The molecule has 1 unspecified atom stereocenters. The predicted molar refractivity (Wildman–Crippen MR) is 69.0 cm³/mol. The standard InChI is InChI=1S/C11H8F2N4O4S/c1-16(2)21-22(18)17-7-4-9-8(19-11(12,13)20-9)3-6(7)15-10(17)5-14/h3-4H,1-2H3. The molecule has 0 aliphatic carbocycles. The van der Waals surface area contributed by atoms with Crippen LogP contribution in [0.15, 0.2) is 12.1 Å². The minimum absolute atomic E-state index is 0.136. The Bertz CT molecular complexity index is 830. The second kappa shape index (κ2) is 4.87. The van der Waals surface area contributed by atoms with Crippen LogP contribution in [0.2, 0.25) is 0 Å². The number of aromatic nitrogens is 2. The van der Waals surface area contributed by atoms with Crippen LogP contribution in [0.1, 0.15) is 5.82 Å². The number of hydrogen-bond donors (Lipinski definition) is 0. The van der Waals surface area contributed by atoms with E-state index in [1.807, 2.05) is 0 Å². The number of alkyl halides is 2. The van der Waals surface area contributed by atoms with Crippen molar-refractivity contribution in [2.45, 2.75) is 6.29 Å². The minimum Gasteiger partial charge on any atom is -0.395 e. The summed E-state index contributed by atoms with van der Waals surface area (Å²) in [6.45, 7) is 0.